The smallest absolute Gasteiger partial charge is 0.355 e. The van der Waals surface area contributed by atoms with Gasteiger partial charge in [-0.1, -0.05) is 36.4 Å². The number of hydrogen-bond acceptors (Lipinski definition) is 8. The molecule has 9 heteroatoms. The van der Waals surface area contributed by atoms with Crippen LogP contribution in [0.15, 0.2) is 71.2 Å². The molecule has 1 aliphatic carbocycles. The van der Waals surface area contributed by atoms with Crippen molar-refractivity contribution in [2.75, 3.05) is 19.1 Å². The largest absolute Gasteiger partial charge is 0.466 e. The number of nitriles is 1. The maximum absolute atomic E-state index is 13.2. The van der Waals surface area contributed by atoms with Crippen molar-refractivity contribution in [3.8, 4) is 6.07 Å². The normalized spacial score (nSPS) is 17.5. The molecule has 5 rings (SSSR count). The number of benzene rings is 2. The lowest BCUT2D eigenvalue weighted by Gasteiger charge is -2.35. The lowest BCUT2D eigenvalue weighted by molar-refractivity contribution is -0.139. The van der Waals surface area contributed by atoms with Crippen LogP contribution in [0.25, 0.3) is 10.9 Å². The second-order valence-electron chi connectivity index (χ2n) is 8.82. The molecule has 3 aromatic rings. The van der Waals surface area contributed by atoms with Gasteiger partial charge in [-0.3, -0.25) is 9.69 Å². The van der Waals surface area contributed by atoms with Crippen molar-refractivity contribution < 1.29 is 23.9 Å². The van der Waals surface area contributed by atoms with E-state index in [9.17, 15) is 19.6 Å². The number of H-pyrrole nitrogens is 1. The van der Waals surface area contributed by atoms with Crippen molar-refractivity contribution >= 4 is 34.3 Å². The van der Waals surface area contributed by atoms with E-state index in [2.05, 4.69) is 11.1 Å². The predicted octanol–water partition coefficient (Wildman–Crippen LogP) is 3.58. The molecule has 0 saturated carbocycles. The number of anilines is 1. The summed E-state index contributed by atoms with van der Waals surface area (Å²) in [5, 5.41) is 11.1. The Kier molecular flexibility index (Phi) is 6.01. The Morgan fingerprint density at radius 2 is 1.81 bits per heavy atom. The number of allylic oxidation sites excluding steroid dienone is 1. The quantitative estimate of drug-likeness (QED) is 0.523. The zero-order valence-corrected chi connectivity index (χ0v) is 20.3. The number of ketones is 1. The van der Waals surface area contributed by atoms with E-state index in [0.717, 1.165) is 23.8 Å². The van der Waals surface area contributed by atoms with E-state index in [1.165, 1.54) is 19.1 Å². The van der Waals surface area contributed by atoms with Gasteiger partial charge in [-0.2, -0.15) is 5.26 Å². The summed E-state index contributed by atoms with van der Waals surface area (Å²) in [6.45, 7) is 0. The highest BCUT2D eigenvalue weighted by atomic mass is 16.5. The maximum Gasteiger partial charge on any atom is 0.355 e. The van der Waals surface area contributed by atoms with E-state index < -0.39 is 17.9 Å². The zero-order valence-electron chi connectivity index (χ0n) is 20.3. The number of carbonyl (C=O) groups is 3. The Labute approximate surface area is 212 Å². The fourth-order valence-electron chi connectivity index (χ4n) is 5.21. The van der Waals surface area contributed by atoms with Crippen LogP contribution in [-0.4, -0.2) is 36.9 Å². The molecule has 186 valence electrons. The molecular weight excluding hydrogens is 472 g/mol. The van der Waals surface area contributed by atoms with Crippen molar-refractivity contribution in [1.82, 2.24) is 4.98 Å². The number of fused-ring (bicyclic) bond motifs is 3. The fraction of sp³-hybridized carbons (Fsp3) is 0.214. The zero-order chi connectivity index (χ0) is 26.3. The summed E-state index contributed by atoms with van der Waals surface area (Å²) in [6.07, 6.45) is 2.05. The van der Waals surface area contributed by atoms with Crippen LogP contribution < -0.4 is 10.6 Å². The summed E-state index contributed by atoms with van der Waals surface area (Å²) in [5.74, 6) is -2.51. The number of nitrogens with zero attached hydrogens (tertiary/aromatic N) is 2. The number of nitrogens with two attached hydrogens (primary N) is 1. The highest BCUT2D eigenvalue weighted by molar-refractivity contribution is 6.07. The van der Waals surface area contributed by atoms with Gasteiger partial charge < -0.3 is 20.2 Å². The molecule has 9 nitrogen and oxygen atoms in total. The molecule has 37 heavy (non-hydrogen) atoms. The number of ether oxygens (including phenoxy) is 2. The van der Waals surface area contributed by atoms with Crippen LogP contribution in [0, 0.1) is 11.3 Å². The van der Waals surface area contributed by atoms with Gasteiger partial charge >= 0.3 is 11.9 Å². The molecular formula is C28H24N4O5. The average Bonchev–Trinajstić information content (AvgIpc) is 3.31. The Morgan fingerprint density at radius 3 is 2.49 bits per heavy atom. The van der Waals surface area contributed by atoms with Gasteiger partial charge in [0.2, 0.25) is 0 Å². The number of carbonyl (C=O) groups excluding carboxylic acids is 3. The minimum Gasteiger partial charge on any atom is -0.466 e. The van der Waals surface area contributed by atoms with Crippen molar-refractivity contribution in [3.63, 3.8) is 0 Å². The number of hydrogen-bond donors (Lipinski definition) is 2. The fourth-order valence-corrected chi connectivity index (χ4v) is 5.21. The van der Waals surface area contributed by atoms with Gasteiger partial charge in [0, 0.05) is 23.0 Å². The Morgan fingerprint density at radius 1 is 1.08 bits per heavy atom. The van der Waals surface area contributed by atoms with Gasteiger partial charge in [0.05, 0.1) is 43.0 Å². The molecule has 3 N–H and O–H groups in total. The molecule has 0 fully saturated rings. The molecule has 1 aliphatic heterocycles. The first kappa shape index (κ1) is 23.9. The second-order valence-corrected chi connectivity index (χ2v) is 8.82. The number of rotatable bonds is 4. The first-order valence-electron chi connectivity index (χ1n) is 11.7. The number of aryl methyl sites for hydroxylation is 1. The first-order valence-corrected chi connectivity index (χ1v) is 11.7. The molecule has 2 heterocycles. The molecule has 2 aliphatic rings. The van der Waals surface area contributed by atoms with Crippen LogP contribution in [0.4, 0.5) is 5.69 Å². The monoisotopic (exact) mass is 496 g/mol. The van der Waals surface area contributed by atoms with Crippen LogP contribution in [0.2, 0.25) is 0 Å². The van der Waals surface area contributed by atoms with E-state index in [0.29, 0.717) is 28.9 Å². The number of aromatic nitrogens is 1. The van der Waals surface area contributed by atoms with Crippen molar-refractivity contribution in [1.29, 1.82) is 5.26 Å². The van der Waals surface area contributed by atoms with Gasteiger partial charge in [-0.05, 0) is 36.1 Å². The number of esters is 2. The van der Waals surface area contributed by atoms with Crippen molar-refractivity contribution in [2.45, 2.75) is 25.2 Å². The molecule has 0 bridgehead atoms. The molecule has 1 unspecified atom stereocenters. The van der Waals surface area contributed by atoms with E-state index in [4.69, 9.17) is 15.2 Å². The van der Waals surface area contributed by atoms with Gasteiger partial charge in [0.1, 0.15) is 11.5 Å². The molecule has 0 radical (unpaired) electrons. The van der Waals surface area contributed by atoms with Crippen LogP contribution in [0.3, 0.4) is 0 Å². The standard InChI is InChI=1S/C28H24N4O5/c1-36-27(34)23-22(15-7-4-3-5-8-15)19(14-29)26(30)32(25(23)28(35)37-2)16-11-12-17-18-9-6-10-21(33)24(18)31-20(17)13-16/h3-5,7-8,11-13,22,31H,6,9-10,30H2,1-2H3. The van der Waals surface area contributed by atoms with Crippen molar-refractivity contribution in [3.05, 3.63) is 88.0 Å². The summed E-state index contributed by atoms with van der Waals surface area (Å²) < 4.78 is 10.1. The van der Waals surface area contributed by atoms with E-state index in [1.807, 2.05) is 6.07 Å². The number of nitrogens with one attached hydrogen (secondary N) is 1. The highest BCUT2D eigenvalue weighted by Crippen LogP contribution is 2.44. The lowest BCUT2D eigenvalue weighted by Crippen LogP contribution is -2.40. The Bertz CT molecular complexity index is 1560. The highest BCUT2D eigenvalue weighted by Gasteiger charge is 2.43. The third kappa shape index (κ3) is 3.74. The van der Waals surface area contributed by atoms with Crippen LogP contribution in [0.1, 0.15) is 40.4 Å². The van der Waals surface area contributed by atoms with E-state index in [-0.39, 0.29) is 28.4 Å². The summed E-state index contributed by atoms with van der Waals surface area (Å²) in [7, 11) is 2.41. The number of methoxy groups -OCH3 is 2. The third-order valence-electron chi connectivity index (χ3n) is 6.87. The van der Waals surface area contributed by atoms with Gasteiger partial charge in [0.25, 0.3) is 0 Å². The van der Waals surface area contributed by atoms with Crippen LogP contribution >= 0.6 is 0 Å². The van der Waals surface area contributed by atoms with Crippen LogP contribution in [0.5, 0.6) is 0 Å². The SMILES string of the molecule is COC(=O)C1=C(C(=O)OC)N(c2ccc3c4c([nH]c3c2)C(=O)CCC4)C(N)=C(C#N)C1c1ccccc1. The van der Waals surface area contributed by atoms with Crippen LogP contribution in [-0.2, 0) is 25.5 Å². The van der Waals surface area contributed by atoms with E-state index >= 15 is 0 Å². The lowest BCUT2D eigenvalue weighted by atomic mass is 9.81. The minimum atomic E-state index is -0.942. The maximum atomic E-state index is 13.2. The Balaban J connectivity index is 1.78. The second kappa shape index (κ2) is 9.32. The Hall–Kier alpha value is -4.84. The summed E-state index contributed by atoms with van der Waals surface area (Å²) in [5.41, 5.74) is 9.67. The van der Waals surface area contributed by atoms with Gasteiger partial charge in [-0.15, -0.1) is 0 Å². The van der Waals surface area contributed by atoms with Gasteiger partial charge in [0.15, 0.2) is 5.78 Å². The minimum absolute atomic E-state index is 0.0175. The van der Waals surface area contributed by atoms with Crippen molar-refractivity contribution in [2.24, 2.45) is 5.73 Å². The topological polar surface area (TPSA) is 139 Å². The summed E-state index contributed by atoms with van der Waals surface area (Å²) in [6, 6.07) is 16.3. The molecule has 1 aromatic heterocycles. The van der Waals surface area contributed by atoms with Gasteiger partial charge in [-0.25, -0.2) is 9.59 Å². The number of aromatic amines is 1. The molecule has 1 atom stereocenters. The first-order chi connectivity index (χ1) is 17.9. The molecule has 0 saturated heterocycles. The average molecular weight is 497 g/mol. The number of Topliss-reactive ketones (excluding diaryl/α,β-unsaturated/α-hetero) is 1. The summed E-state index contributed by atoms with van der Waals surface area (Å²) >= 11 is 0. The summed E-state index contributed by atoms with van der Waals surface area (Å²) in [4.78, 5) is 43.4. The molecule has 0 amide bonds. The molecule has 0 spiro atoms. The molecule has 2 aromatic carbocycles. The predicted molar refractivity (Wildman–Crippen MR) is 135 cm³/mol. The van der Waals surface area contributed by atoms with E-state index in [1.54, 1.807) is 42.5 Å². The third-order valence-corrected chi connectivity index (χ3v) is 6.87.